The van der Waals surface area contributed by atoms with Gasteiger partial charge >= 0.3 is 7.12 Å². The van der Waals surface area contributed by atoms with Crippen molar-refractivity contribution < 1.29 is 10.0 Å². The van der Waals surface area contributed by atoms with E-state index in [1.165, 1.54) is 5.57 Å². The molecule has 0 heterocycles. The highest BCUT2D eigenvalue weighted by atomic mass is 16.4. The van der Waals surface area contributed by atoms with Gasteiger partial charge in [0.1, 0.15) is 0 Å². The van der Waals surface area contributed by atoms with Gasteiger partial charge < -0.3 is 10.0 Å². The predicted octanol–water partition coefficient (Wildman–Crippen LogP) is 1.10. The highest BCUT2D eigenvalue weighted by Crippen LogP contribution is 2.20. The minimum Gasteiger partial charge on any atom is -0.423 e. The number of allylic oxidation sites excluding steroid dienone is 4. The van der Waals surface area contributed by atoms with Crippen molar-refractivity contribution in [1.29, 1.82) is 0 Å². The second-order valence-electron chi connectivity index (χ2n) is 3.63. The fourth-order valence-electron chi connectivity index (χ4n) is 1.68. The third kappa shape index (κ3) is 2.38. The van der Waals surface area contributed by atoms with Crippen LogP contribution >= 0.6 is 0 Å². The molecule has 1 aliphatic carbocycles. The van der Waals surface area contributed by atoms with Gasteiger partial charge in [-0.25, -0.2) is 0 Å². The van der Waals surface area contributed by atoms with E-state index in [2.05, 4.69) is 18.2 Å². The maximum atomic E-state index is 8.95. The normalized spacial score (nSPS) is 14.9. The summed E-state index contributed by atoms with van der Waals surface area (Å²) in [7, 11) is -1.38. The van der Waals surface area contributed by atoms with Gasteiger partial charge in [-0.2, -0.15) is 0 Å². The lowest BCUT2D eigenvalue weighted by Gasteiger charge is -2.07. The largest absolute Gasteiger partial charge is 0.488 e. The summed E-state index contributed by atoms with van der Waals surface area (Å²) in [6.07, 6.45) is 8.65. The van der Waals surface area contributed by atoms with Gasteiger partial charge in [0.15, 0.2) is 0 Å². The summed E-state index contributed by atoms with van der Waals surface area (Å²) in [5.41, 5.74) is 2.86. The minimum atomic E-state index is -1.38. The van der Waals surface area contributed by atoms with Gasteiger partial charge in [-0.15, -0.1) is 0 Å². The smallest absolute Gasteiger partial charge is 0.423 e. The lowest BCUT2D eigenvalue weighted by molar-refractivity contribution is 0.426. The molecule has 0 amide bonds. The first-order chi connectivity index (χ1) is 7.27. The van der Waals surface area contributed by atoms with Crippen molar-refractivity contribution in [2.45, 2.75) is 12.8 Å². The number of benzene rings is 1. The van der Waals surface area contributed by atoms with E-state index in [-0.39, 0.29) is 0 Å². The van der Waals surface area contributed by atoms with Crippen molar-refractivity contribution in [3.05, 3.63) is 48.1 Å². The lowest BCUT2D eigenvalue weighted by Crippen LogP contribution is -2.29. The standard InChI is InChI=1S/C12H13BO2/c14-13(15)12-8-6-11(7-9-12)10-4-2-1-3-5-10/h2,4-9,14-15H,1,3H2. The molecule has 0 saturated heterocycles. The molecule has 2 rings (SSSR count). The van der Waals surface area contributed by atoms with Crippen molar-refractivity contribution in [3.63, 3.8) is 0 Å². The fraction of sp³-hybridized carbons (Fsp3) is 0.167. The van der Waals surface area contributed by atoms with Gasteiger partial charge in [0.05, 0.1) is 0 Å². The molecule has 0 radical (unpaired) electrons. The molecule has 0 saturated carbocycles. The van der Waals surface area contributed by atoms with Crippen LogP contribution in [0.5, 0.6) is 0 Å². The summed E-state index contributed by atoms with van der Waals surface area (Å²) < 4.78 is 0. The third-order valence-corrected chi connectivity index (χ3v) is 2.54. The van der Waals surface area contributed by atoms with E-state index in [1.54, 1.807) is 12.1 Å². The Balaban J connectivity index is 2.23. The topological polar surface area (TPSA) is 40.5 Å². The van der Waals surface area contributed by atoms with Crippen LogP contribution in [-0.2, 0) is 0 Å². The summed E-state index contributed by atoms with van der Waals surface area (Å²) >= 11 is 0. The Bertz CT molecular complexity index is 391. The van der Waals surface area contributed by atoms with Gasteiger partial charge in [0.25, 0.3) is 0 Å². The molecule has 0 aliphatic heterocycles. The summed E-state index contributed by atoms with van der Waals surface area (Å²) in [6.45, 7) is 0. The zero-order chi connectivity index (χ0) is 10.7. The fourth-order valence-corrected chi connectivity index (χ4v) is 1.68. The van der Waals surface area contributed by atoms with Crippen molar-refractivity contribution in [2.24, 2.45) is 0 Å². The van der Waals surface area contributed by atoms with E-state index < -0.39 is 7.12 Å². The Morgan fingerprint density at radius 2 is 1.73 bits per heavy atom. The van der Waals surface area contributed by atoms with Crippen LogP contribution in [0.1, 0.15) is 18.4 Å². The van der Waals surface area contributed by atoms with Crippen LogP contribution in [0, 0.1) is 0 Å². The first-order valence-electron chi connectivity index (χ1n) is 5.10. The molecule has 0 fully saturated rings. The van der Waals surface area contributed by atoms with E-state index in [0.717, 1.165) is 18.4 Å². The summed E-state index contributed by atoms with van der Waals surface area (Å²) in [5.74, 6) is 0. The second kappa shape index (κ2) is 4.47. The third-order valence-electron chi connectivity index (χ3n) is 2.54. The quantitative estimate of drug-likeness (QED) is 0.701. The molecule has 1 aromatic carbocycles. The number of hydrogen-bond donors (Lipinski definition) is 2. The molecule has 1 aliphatic rings. The molecule has 0 spiro atoms. The summed E-state index contributed by atoms with van der Waals surface area (Å²) in [6, 6.07) is 7.30. The maximum absolute atomic E-state index is 8.95. The Morgan fingerprint density at radius 1 is 1.00 bits per heavy atom. The SMILES string of the molecule is OB(O)c1ccc(C2=CCCC=C2)cc1. The number of rotatable bonds is 2. The zero-order valence-corrected chi connectivity index (χ0v) is 8.43. The molecule has 2 N–H and O–H groups in total. The Morgan fingerprint density at radius 3 is 2.27 bits per heavy atom. The highest BCUT2D eigenvalue weighted by Gasteiger charge is 2.10. The van der Waals surface area contributed by atoms with Crippen LogP contribution in [0.15, 0.2) is 42.5 Å². The van der Waals surface area contributed by atoms with Crippen molar-refractivity contribution >= 4 is 18.2 Å². The summed E-state index contributed by atoms with van der Waals surface area (Å²) in [5, 5.41) is 17.9. The molecule has 2 nitrogen and oxygen atoms in total. The first-order valence-corrected chi connectivity index (χ1v) is 5.10. The first kappa shape index (κ1) is 10.2. The van der Waals surface area contributed by atoms with Gasteiger partial charge in [0, 0.05) is 0 Å². The molecule has 0 unspecified atom stereocenters. The van der Waals surface area contributed by atoms with Gasteiger partial charge in [-0.05, 0) is 29.4 Å². The van der Waals surface area contributed by atoms with E-state index in [4.69, 9.17) is 10.0 Å². The summed E-state index contributed by atoms with van der Waals surface area (Å²) in [4.78, 5) is 0. The van der Waals surface area contributed by atoms with E-state index in [0.29, 0.717) is 5.46 Å². The van der Waals surface area contributed by atoms with Crippen molar-refractivity contribution in [2.75, 3.05) is 0 Å². The van der Waals surface area contributed by atoms with E-state index >= 15 is 0 Å². The molecular formula is C12H13BO2. The predicted molar refractivity (Wildman–Crippen MR) is 62.6 cm³/mol. The van der Waals surface area contributed by atoms with Gasteiger partial charge in [-0.3, -0.25) is 0 Å². The van der Waals surface area contributed by atoms with Gasteiger partial charge in [0.2, 0.25) is 0 Å². The molecule has 0 bridgehead atoms. The molecule has 15 heavy (non-hydrogen) atoms. The van der Waals surface area contributed by atoms with Crippen LogP contribution in [0.2, 0.25) is 0 Å². The van der Waals surface area contributed by atoms with Gasteiger partial charge in [-0.1, -0.05) is 42.5 Å². The highest BCUT2D eigenvalue weighted by molar-refractivity contribution is 6.58. The molecule has 1 aromatic rings. The number of hydrogen-bond acceptors (Lipinski definition) is 2. The van der Waals surface area contributed by atoms with Crippen LogP contribution < -0.4 is 5.46 Å². The molecular weight excluding hydrogens is 187 g/mol. The van der Waals surface area contributed by atoms with Crippen LogP contribution in [0.4, 0.5) is 0 Å². The zero-order valence-electron chi connectivity index (χ0n) is 8.43. The van der Waals surface area contributed by atoms with Crippen LogP contribution in [-0.4, -0.2) is 17.2 Å². The molecule has 76 valence electrons. The molecule has 0 aromatic heterocycles. The second-order valence-corrected chi connectivity index (χ2v) is 3.63. The van der Waals surface area contributed by atoms with Crippen molar-refractivity contribution in [1.82, 2.24) is 0 Å². The van der Waals surface area contributed by atoms with Crippen LogP contribution in [0.25, 0.3) is 5.57 Å². The Labute approximate surface area is 89.7 Å². The maximum Gasteiger partial charge on any atom is 0.488 e. The minimum absolute atomic E-state index is 0.527. The molecule has 3 heteroatoms. The monoisotopic (exact) mass is 200 g/mol. The van der Waals surface area contributed by atoms with Crippen LogP contribution in [0.3, 0.4) is 0 Å². The average Bonchev–Trinajstić information content (AvgIpc) is 2.30. The lowest BCUT2D eigenvalue weighted by atomic mass is 9.79. The van der Waals surface area contributed by atoms with E-state index in [1.807, 2.05) is 12.1 Å². The Hall–Kier alpha value is -1.32. The Kier molecular flexibility index (Phi) is 3.04. The molecule has 0 atom stereocenters. The average molecular weight is 200 g/mol. The van der Waals surface area contributed by atoms with E-state index in [9.17, 15) is 0 Å². The van der Waals surface area contributed by atoms with Crippen molar-refractivity contribution in [3.8, 4) is 0 Å².